The van der Waals surface area contributed by atoms with Crippen molar-refractivity contribution >= 4 is 17.3 Å². The topological polar surface area (TPSA) is 55.2 Å². The Bertz CT molecular complexity index is 803. The lowest BCUT2D eigenvalue weighted by atomic mass is 10.2. The summed E-state index contributed by atoms with van der Waals surface area (Å²) in [7, 11) is 0. The summed E-state index contributed by atoms with van der Waals surface area (Å²) in [5.41, 5.74) is 1.89. The molecule has 2 aromatic carbocycles. The molecular formula is C21H26N3O3+. The zero-order chi connectivity index (χ0) is 18.6. The standard InChI is InChI=1S/C21H25N3O3/c1-2-23-11-13-24(14-12-23)17-8-4-3-7-16(17)22-21(25)20-15-26-18-9-5-6-10-19(18)27-20/h3-10,20H,2,11-15H2,1H3,(H,22,25)/p+1/t20-/m0/s1. The van der Waals surface area contributed by atoms with Gasteiger partial charge in [0.05, 0.1) is 44.1 Å². The van der Waals surface area contributed by atoms with E-state index in [1.807, 2.05) is 42.5 Å². The van der Waals surface area contributed by atoms with Crippen molar-refractivity contribution in [1.29, 1.82) is 0 Å². The van der Waals surface area contributed by atoms with Crippen LogP contribution in [0.4, 0.5) is 11.4 Å². The van der Waals surface area contributed by atoms with E-state index in [9.17, 15) is 4.79 Å². The molecular weight excluding hydrogens is 342 g/mol. The third-order valence-corrected chi connectivity index (χ3v) is 5.27. The molecule has 6 nitrogen and oxygen atoms in total. The van der Waals surface area contributed by atoms with Crippen molar-refractivity contribution in [3.05, 3.63) is 48.5 Å². The van der Waals surface area contributed by atoms with E-state index in [1.54, 1.807) is 4.90 Å². The summed E-state index contributed by atoms with van der Waals surface area (Å²) in [6.45, 7) is 7.82. The van der Waals surface area contributed by atoms with Crippen LogP contribution in [-0.2, 0) is 4.79 Å². The van der Waals surface area contributed by atoms with Gasteiger partial charge in [0.2, 0.25) is 6.10 Å². The summed E-state index contributed by atoms with van der Waals surface area (Å²) in [4.78, 5) is 16.7. The van der Waals surface area contributed by atoms with Crippen LogP contribution >= 0.6 is 0 Å². The Morgan fingerprint density at radius 1 is 1.11 bits per heavy atom. The van der Waals surface area contributed by atoms with Gasteiger partial charge >= 0.3 is 0 Å². The van der Waals surface area contributed by atoms with Crippen LogP contribution in [0.5, 0.6) is 11.5 Å². The van der Waals surface area contributed by atoms with Gasteiger partial charge in [0.1, 0.15) is 6.61 Å². The quantitative estimate of drug-likeness (QED) is 0.851. The van der Waals surface area contributed by atoms with Crippen LogP contribution in [-0.4, -0.2) is 51.3 Å². The molecule has 6 heteroatoms. The van der Waals surface area contributed by atoms with Gasteiger partial charge in [-0.2, -0.15) is 0 Å². The minimum absolute atomic E-state index is 0.185. The van der Waals surface area contributed by atoms with Crippen LogP contribution in [0.25, 0.3) is 0 Å². The fourth-order valence-corrected chi connectivity index (χ4v) is 3.63. The van der Waals surface area contributed by atoms with Crippen LogP contribution in [0.15, 0.2) is 48.5 Å². The van der Waals surface area contributed by atoms with E-state index in [4.69, 9.17) is 9.47 Å². The summed E-state index contributed by atoms with van der Waals surface area (Å²) >= 11 is 0. The molecule has 142 valence electrons. The van der Waals surface area contributed by atoms with Crippen LogP contribution in [0.2, 0.25) is 0 Å². The highest BCUT2D eigenvalue weighted by Crippen LogP contribution is 2.32. The second-order valence-electron chi connectivity index (χ2n) is 6.96. The fourth-order valence-electron chi connectivity index (χ4n) is 3.63. The number of quaternary nitrogens is 1. The van der Waals surface area contributed by atoms with Gasteiger partial charge < -0.3 is 24.6 Å². The first-order chi connectivity index (χ1) is 13.2. The van der Waals surface area contributed by atoms with Crippen LogP contribution in [0, 0.1) is 0 Å². The highest BCUT2D eigenvalue weighted by molar-refractivity contribution is 5.97. The first kappa shape index (κ1) is 17.7. The molecule has 0 spiro atoms. The number of rotatable bonds is 4. The molecule has 0 unspecified atom stereocenters. The molecule has 2 aromatic rings. The summed E-state index contributed by atoms with van der Waals surface area (Å²) in [6, 6.07) is 15.4. The third-order valence-electron chi connectivity index (χ3n) is 5.27. The Kier molecular flexibility index (Phi) is 5.16. The highest BCUT2D eigenvalue weighted by Gasteiger charge is 2.28. The number of fused-ring (bicyclic) bond motifs is 1. The van der Waals surface area contributed by atoms with Gasteiger partial charge in [-0.15, -0.1) is 0 Å². The molecule has 2 aliphatic rings. The highest BCUT2D eigenvalue weighted by atomic mass is 16.6. The molecule has 1 saturated heterocycles. The van der Waals surface area contributed by atoms with Crippen molar-refractivity contribution in [1.82, 2.24) is 0 Å². The number of hydrogen-bond acceptors (Lipinski definition) is 4. The van der Waals surface area contributed by atoms with E-state index < -0.39 is 6.10 Å². The van der Waals surface area contributed by atoms with Crippen molar-refractivity contribution in [2.45, 2.75) is 13.0 Å². The lowest BCUT2D eigenvalue weighted by Gasteiger charge is -2.34. The van der Waals surface area contributed by atoms with Gasteiger partial charge in [-0.1, -0.05) is 24.3 Å². The molecule has 0 saturated carbocycles. The normalized spacial score (nSPS) is 19.6. The zero-order valence-electron chi connectivity index (χ0n) is 15.6. The molecule has 0 aromatic heterocycles. The van der Waals surface area contributed by atoms with Crippen molar-refractivity contribution in [3.63, 3.8) is 0 Å². The molecule has 0 radical (unpaired) electrons. The number of hydrogen-bond donors (Lipinski definition) is 2. The minimum Gasteiger partial charge on any atom is -0.485 e. The summed E-state index contributed by atoms with van der Waals surface area (Å²) in [6.07, 6.45) is -0.658. The van der Waals surface area contributed by atoms with Crippen LogP contribution < -0.4 is 24.6 Å². The predicted octanol–water partition coefficient (Wildman–Crippen LogP) is 1.19. The number of carbonyl (C=O) groups is 1. The smallest absolute Gasteiger partial charge is 0.269 e. The Hall–Kier alpha value is -2.73. The van der Waals surface area contributed by atoms with Crippen molar-refractivity contribution < 1.29 is 19.2 Å². The van der Waals surface area contributed by atoms with Crippen LogP contribution in [0.3, 0.4) is 0 Å². The average molecular weight is 368 g/mol. The van der Waals surface area contributed by atoms with Crippen molar-refractivity contribution in [3.8, 4) is 11.5 Å². The lowest BCUT2D eigenvalue weighted by molar-refractivity contribution is -0.898. The van der Waals surface area contributed by atoms with Gasteiger partial charge in [0, 0.05) is 0 Å². The molecule has 0 bridgehead atoms. The van der Waals surface area contributed by atoms with Gasteiger partial charge in [-0.3, -0.25) is 4.79 Å². The number of nitrogens with one attached hydrogen (secondary N) is 2. The lowest BCUT2D eigenvalue weighted by Crippen LogP contribution is -3.14. The summed E-state index contributed by atoms with van der Waals surface area (Å²) < 4.78 is 11.5. The minimum atomic E-state index is -0.658. The Morgan fingerprint density at radius 3 is 2.59 bits per heavy atom. The zero-order valence-corrected chi connectivity index (χ0v) is 15.6. The average Bonchev–Trinajstić information content (AvgIpc) is 2.74. The van der Waals surface area contributed by atoms with E-state index in [-0.39, 0.29) is 12.5 Å². The Balaban J connectivity index is 1.45. The number of anilines is 2. The van der Waals surface area contributed by atoms with E-state index >= 15 is 0 Å². The first-order valence-corrected chi connectivity index (χ1v) is 9.61. The second-order valence-corrected chi connectivity index (χ2v) is 6.96. The Labute approximate surface area is 159 Å². The van der Waals surface area contributed by atoms with E-state index in [1.165, 1.54) is 0 Å². The molecule has 27 heavy (non-hydrogen) atoms. The molecule has 0 aliphatic carbocycles. The molecule has 2 N–H and O–H groups in total. The van der Waals surface area contributed by atoms with E-state index in [2.05, 4.69) is 23.2 Å². The van der Waals surface area contributed by atoms with Gasteiger partial charge in [-0.25, -0.2) is 0 Å². The van der Waals surface area contributed by atoms with Gasteiger partial charge in [0.15, 0.2) is 11.5 Å². The molecule has 4 rings (SSSR count). The number of benzene rings is 2. The van der Waals surface area contributed by atoms with Gasteiger partial charge in [-0.05, 0) is 31.2 Å². The van der Waals surface area contributed by atoms with E-state index in [0.717, 1.165) is 44.1 Å². The number of likely N-dealkylation sites (N-methyl/N-ethyl adjacent to an activating group) is 1. The predicted molar refractivity (Wildman–Crippen MR) is 105 cm³/mol. The number of piperazine rings is 1. The molecule has 2 aliphatic heterocycles. The molecule has 2 heterocycles. The summed E-state index contributed by atoms with van der Waals surface area (Å²) in [5.74, 6) is 1.10. The summed E-state index contributed by atoms with van der Waals surface area (Å²) in [5, 5.41) is 3.04. The van der Waals surface area contributed by atoms with E-state index in [0.29, 0.717) is 11.5 Å². The van der Waals surface area contributed by atoms with Crippen LogP contribution in [0.1, 0.15) is 6.92 Å². The molecule has 1 fully saturated rings. The maximum Gasteiger partial charge on any atom is 0.269 e. The largest absolute Gasteiger partial charge is 0.485 e. The van der Waals surface area contributed by atoms with Gasteiger partial charge in [0.25, 0.3) is 5.91 Å². The molecule has 1 atom stereocenters. The van der Waals surface area contributed by atoms with Crippen molar-refractivity contribution in [2.24, 2.45) is 0 Å². The monoisotopic (exact) mass is 368 g/mol. The fraction of sp³-hybridized carbons (Fsp3) is 0.381. The molecule has 1 amide bonds. The Morgan fingerprint density at radius 2 is 1.81 bits per heavy atom. The number of nitrogens with zero attached hydrogens (tertiary/aromatic N) is 1. The number of carbonyl (C=O) groups excluding carboxylic acids is 1. The maximum absolute atomic E-state index is 12.8. The SMILES string of the molecule is CC[NH+]1CCN(c2ccccc2NC(=O)[C@@H]2COc3ccccc3O2)CC1. The maximum atomic E-state index is 12.8. The first-order valence-electron chi connectivity index (χ1n) is 9.61. The number of amides is 1. The number of para-hydroxylation sites is 4. The van der Waals surface area contributed by atoms with Crippen molar-refractivity contribution in [2.75, 3.05) is 49.5 Å². The second kappa shape index (κ2) is 7.88. The number of ether oxygens (including phenoxy) is 2. The third kappa shape index (κ3) is 3.85.